The lowest BCUT2D eigenvalue weighted by Gasteiger charge is -2.10. The zero-order chi connectivity index (χ0) is 19.8. The normalized spacial score (nSPS) is 12.4. The van der Waals surface area contributed by atoms with Crippen LogP contribution in [0.3, 0.4) is 0 Å². The van der Waals surface area contributed by atoms with Crippen LogP contribution in [0.4, 0.5) is 5.69 Å². The van der Waals surface area contributed by atoms with Crippen molar-refractivity contribution in [3.05, 3.63) is 52.6 Å². The number of nitrogens with one attached hydrogen (secondary N) is 2. The number of anilines is 1. The second-order valence-corrected chi connectivity index (χ2v) is 10.5. The molecule has 1 heterocycles. The summed E-state index contributed by atoms with van der Waals surface area (Å²) >= 11 is 12.2. The van der Waals surface area contributed by atoms with Crippen molar-refractivity contribution in [1.29, 1.82) is 0 Å². The molecule has 3 rings (SSSR count). The van der Waals surface area contributed by atoms with Crippen LogP contribution >= 0.6 is 23.2 Å². The number of sulfone groups is 1. The number of aromatic nitrogens is 1. The zero-order valence-electron chi connectivity index (χ0n) is 14.2. The fourth-order valence-corrected chi connectivity index (χ4v) is 5.62. The van der Waals surface area contributed by atoms with Crippen molar-refractivity contribution in [2.45, 2.75) is 23.1 Å². The predicted molar refractivity (Wildman–Crippen MR) is 108 cm³/mol. The van der Waals surface area contributed by atoms with E-state index in [1.165, 1.54) is 36.5 Å². The summed E-state index contributed by atoms with van der Waals surface area (Å²) in [6.07, 6.45) is 2.00. The van der Waals surface area contributed by atoms with Crippen LogP contribution in [0.5, 0.6) is 0 Å². The van der Waals surface area contributed by atoms with Crippen LogP contribution < -0.4 is 4.72 Å². The molecule has 2 N–H and O–H groups in total. The van der Waals surface area contributed by atoms with Gasteiger partial charge in [-0.05, 0) is 42.8 Å². The van der Waals surface area contributed by atoms with E-state index in [0.29, 0.717) is 27.4 Å². The SMILES string of the molecule is CCCS(=O)(=O)c1ccc(S(=O)(=O)Nc2ccc(Cl)c3c(Cl)c[nH]c23)cc1. The molecule has 0 fully saturated rings. The minimum atomic E-state index is -3.93. The highest BCUT2D eigenvalue weighted by Crippen LogP contribution is 2.35. The van der Waals surface area contributed by atoms with Gasteiger partial charge in [-0.15, -0.1) is 0 Å². The number of sulfonamides is 1. The summed E-state index contributed by atoms with van der Waals surface area (Å²) in [5.74, 6) is 0.00763. The Morgan fingerprint density at radius 1 is 0.926 bits per heavy atom. The van der Waals surface area contributed by atoms with Crippen LogP contribution in [-0.2, 0) is 19.9 Å². The van der Waals surface area contributed by atoms with E-state index in [0.717, 1.165) is 0 Å². The summed E-state index contributed by atoms with van der Waals surface area (Å²) < 4.78 is 52.0. The molecule has 3 aromatic rings. The summed E-state index contributed by atoms with van der Waals surface area (Å²) in [6.45, 7) is 1.76. The maximum atomic E-state index is 12.7. The van der Waals surface area contributed by atoms with Crippen molar-refractivity contribution in [2.24, 2.45) is 0 Å². The molecular weight excluding hydrogens is 431 g/mol. The van der Waals surface area contributed by atoms with Gasteiger partial charge in [0.15, 0.2) is 9.84 Å². The molecule has 0 amide bonds. The Kier molecular flexibility index (Phi) is 5.45. The second kappa shape index (κ2) is 7.35. The van der Waals surface area contributed by atoms with E-state index in [9.17, 15) is 16.8 Å². The minimum absolute atomic E-state index is 0.00763. The summed E-state index contributed by atoms with van der Waals surface area (Å²) in [5, 5.41) is 1.28. The maximum Gasteiger partial charge on any atom is 0.261 e. The highest BCUT2D eigenvalue weighted by Gasteiger charge is 2.20. The molecule has 0 aliphatic rings. The molecular formula is C17H16Cl2N2O4S2. The van der Waals surface area contributed by atoms with Gasteiger partial charge in [-0.25, -0.2) is 16.8 Å². The Bertz CT molecular complexity index is 1200. The van der Waals surface area contributed by atoms with Crippen LogP contribution in [0.2, 0.25) is 10.0 Å². The van der Waals surface area contributed by atoms with Gasteiger partial charge in [0.25, 0.3) is 10.0 Å². The summed E-state index contributed by atoms with van der Waals surface area (Å²) in [6, 6.07) is 8.18. The van der Waals surface area contributed by atoms with Gasteiger partial charge < -0.3 is 4.98 Å². The number of rotatable bonds is 6. The molecule has 0 spiro atoms. The van der Waals surface area contributed by atoms with Crippen molar-refractivity contribution < 1.29 is 16.8 Å². The predicted octanol–water partition coefficient (Wildman–Crippen LogP) is 4.46. The largest absolute Gasteiger partial charge is 0.358 e. The second-order valence-electron chi connectivity index (χ2n) is 5.88. The van der Waals surface area contributed by atoms with Gasteiger partial charge in [0.1, 0.15) is 0 Å². The van der Waals surface area contributed by atoms with E-state index in [-0.39, 0.29) is 21.2 Å². The number of H-pyrrole nitrogens is 1. The van der Waals surface area contributed by atoms with E-state index in [4.69, 9.17) is 23.2 Å². The highest BCUT2D eigenvalue weighted by molar-refractivity contribution is 7.93. The molecule has 0 atom stereocenters. The first-order valence-corrected chi connectivity index (χ1v) is 11.9. The quantitative estimate of drug-likeness (QED) is 0.583. The first-order chi connectivity index (χ1) is 12.7. The molecule has 144 valence electrons. The van der Waals surface area contributed by atoms with E-state index in [1.807, 2.05) is 0 Å². The van der Waals surface area contributed by atoms with Crippen molar-refractivity contribution >= 4 is 59.7 Å². The van der Waals surface area contributed by atoms with Crippen LogP contribution in [0.15, 0.2) is 52.4 Å². The summed E-state index contributed by atoms with van der Waals surface area (Å²) in [7, 11) is -7.35. The highest BCUT2D eigenvalue weighted by atomic mass is 35.5. The van der Waals surface area contributed by atoms with Gasteiger partial charge in [0, 0.05) is 11.6 Å². The van der Waals surface area contributed by atoms with Crippen LogP contribution in [0, 0.1) is 0 Å². The molecule has 0 saturated carbocycles. The van der Waals surface area contributed by atoms with Crippen LogP contribution in [0.25, 0.3) is 10.9 Å². The van der Waals surface area contributed by atoms with Gasteiger partial charge in [-0.3, -0.25) is 4.72 Å². The maximum absolute atomic E-state index is 12.7. The van der Waals surface area contributed by atoms with Crippen molar-refractivity contribution in [3.8, 4) is 0 Å². The van der Waals surface area contributed by atoms with E-state index in [2.05, 4.69) is 9.71 Å². The third-order valence-electron chi connectivity index (χ3n) is 3.95. The number of hydrogen-bond donors (Lipinski definition) is 2. The Balaban J connectivity index is 1.95. The molecule has 1 aromatic heterocycles. The number of fused-ring (bicyclic) bond motifs is 1. The minimum Gasteiger partial charge on any atom is -0.358 e. The first-order valence-electron chi connectivity index (χ1n) is 7.96. The van der Waals surface area contributed by atoms with Crippen molar-refractivity contribution in [3.63, 3.8) is 0 Å². The topological polar surface area (TPSA) is 96.1 Å². The lowest BCUT2D eigenvalue weighted by molar-refractivity contribution is 0.593. The first kappa shape index (κ1) is 20.0. The van der Waals surface area contributed by atoms with Crippen LogP contribution in [-0.4, -0.2) is 27.6 Å². The van der Waals surface area contributed by atoms with Gasteiger partial charge in [-0.1, -0.05) is 30.1 Å². The molecule has 0 aliphatic heterocycles. The fraction of sp³-hybridized carbons (Fsp3) is 0.176. The average Bonchev–Trinajstić information content (AvgIpc) is 3.00. The van der Waals surface area contributed by atoms with Gasteiger partial charge in [0.2, 0.25) is 0 Å². The number of benzene rings is 2. The van der Waals surface area contributed by atoms with Gasteiger partial charge in [0.05, 0.1) is 36.8 Å². The summed E-state index contributed by atoms with van der Waals surface area (Å²) in [5.41, 5.74) is 0.738. The Hall–Kier alpha value is -1.74. The molecule has 2 aromatic carbocycles. The molecule has 10 heteroatoms. The lowest BCUT2D eigenvalue weighted by atomic mass is 10.2. The molecule has 0 aliphatic carbocycles. The fourth-order valence-electron chi connectivity index (χ4n) is 2.67. The molecule has 0 bridgehead atoms. The molecule has 6 nitrogen and oxygen atoms in total. The molecule has 0 unspecified atom stereocenters. The van der Waals surface area contributed by atoms with Gasteiger partial charge >= 0.3 is 0 Å². The molecule has 0 radical (unpaired) electrons. The Morgan fingerprint density at radius 3 is 2.19 bits per heavy atom. The smallest absolute Gasteiger partial charge is 0.261 e. The van der Waals surface area contributed by atoms with Crippen molar-refractivity contribution in [1.82, 2.24) is 4.98 Å². The molecule has 27 heavy (non-hydrogen) atoms. The standard InChI is InChI=1S/C17H16Cl2N2O4S2/c1-2-9-26(22,23)11-3-5-12(6-4-11)27(24,25)21-15-8-7-13(18)16-14(19)10-20-17(15)16/h3-8,10,20-21H,2,9H2,1H3. The third-order valence-corrected chi connectivity index (χ3v) is 7.88. The lowest BCUT2D eigenvalue weighted by Crippen LogP contribution is -2.14. The zero-order valence-corrected chi connectivity index (χ0v) is 17.3. The number of halogens is 2. The monoisotopic (exact) mass is 446 g/mol. The Morgan fingerprint density at radius 2 is 1.56 bits per heavy atom. The number of hydrogen-bond acceptors (Lipinski definition) is 4. The number of aromatic amines is 1. The van der Waals surface area contributed by atoms with E-state index in [1.54, 1.807) is 13.0 Å². The average molecular weight is 447 g/mol. The summed E-state index contributed by atoms with van der Waals surface area (Å²) in [4.78, 5) is 2.93. The van der Waals surface area contributed by atoms with Gasteiger partial charge in [-0.2, -0.15) is 0 Å². The molecule has 0 saturated heterocycles. The van der Waals surface area contributed by atoms with E-state index < -0.39 is 19.9 Å². The van der Waals surface area contributed by atoms with Crippen LogP contribution in [0.1, 0.15) is 13.3 Å². The van der Waals surface area contributed by atoms with Crippen molar-refractivity contribution in [2.75, 3.05) is 10.5 Å². The third kappa shape index (κ3) is 3.94. The Labute approximate surface area is 167 Å². The van der Waals surface area contributed by atoms with E-state index >= 15 is 0 Å².